The molecule has 0 saturated carbocycles. The van der Waals surface area contributed by atoms with Crippen molar-refractivity contribution in [1.82, 2.24) is 9.80 Å². The Morgan fingerprint density at radius 3 is 1.12 bits per heavy atom. The number of amides is 2. The van der Waals surface area contributed by atoms with E-state index in [1.807, 2.05) is 24.3 Å². The first-order valence-corrected chi connectivity index (χ1v) is 14.5. The van der Waals surface area contributed by atoms with Gasteiger partial charge in [-0.2, -0.15) is 0 Å². The molecule has 0 atom stereocenters. The highest BCUT2D eigenvalue weighted by molar-refractivity contribution is 6.27. The van der Waals surface area contributed by atoms with Gasteiger partial charge in [-0.25, -0.2) is 0 Å². The lowest BCUT2D eigenvalue weighted by Crippen LogP contribution is -2.49. The number of ether oxygens (including phenoxy) is 4. The molecule has 12 nitrogen and oxygen atoms in total. The molecule has 2 aromatic carbocycles. The normalized spacial score (nSPS) is 15.7. The van der Waals surface area contributed by atoms with E-state index in [9.17, 15) is 9.59 Å². The molecule has 0 unspecified atom stereocenters. The molecule has 2 fully saturated rings. The Labute approximate surface area is 255 Å². The number of nitrogens with zero attached hydrogens (tertiary/aromatic N) is 6. The average molecular weight is 624 g/mol. The summed E-state index contributed by atoms with van der Waals surface area (Å²) < 4.78 is 22.7. The first kappa shape index (κ1) is 31.3. The van der Waals surface area contributed by atoms with Crippen molar-refractivity contribution in [1.29, 1.82) is 0 Å². The van der Waals surface area contributed by atoms with E-state index < -0.39 is 0 Å². The van der Waals surface area contributed by atoms with Gasteiger partial charge in [-0.1, -0.05) is 0 Å². The van der Waals surface area contributed by atoms with Crippen LogP contribution in [-0.2, 0) is 9.59 Å². The molecular weight excluding hydrogens is 587 g/mol. The van der Waals surface area contributed by atoms with Crippen LogP contribution in [-0.4, -0.2) is 114 Å². The molecule has 0 radical (unpaired) electrons. The Kier molecular flexibility index (Phi) is 10.8. The minimum absolute atomic E-state index is 0.0200. The summed E-state index contributed by atoms with van der Waals surface area (Å²) in [5.74, 6) is 1.74. The minimum atomic E-state index is -0.0672. The Morgan fingerprint density at radius 1 is 0.595 bits per heavy atom. The number of anilines is 2. The molecule has 2 saturated heterocycles. The molecule has 4 rings (SSSR count). The highest BCUT2D eigenvalue weighted by Gasteiger charge is 2.25. The van der Waals surface area contributed by atoms with Crippen LogP contribution in [0.15, 0.2) is 34.5 Å². The van der Waals surface area contributed by atoms with Gasteiger partial charge in [0.2, 0.25) is 11.8 Å². The third-order valence-electron chi connectivity index (χ3n) is 7.40. The molecule has 2 amide bonds. The van der Waals surface area contributed by atoms with Crippen molar-refractivity contribution < 1.29 is 28.5 Å². The van der Waals surface area contributed by atoms with Crippen LogP contribution in [0.5, 0.6) is 23.0 Å². The predicted molar refractivity (Wildman–Crippen MR) is 162 cm³/mol. The fourth-order valence-electron chi connectivity index (χ4n) is 5.02. The largest absolute Gasteiger partial charge is 0.494 e. The second-order valence-electron chi connectivity index (χ2n) is 9.60. The number of hydrogen-bond acceptors (Lipinski definition) is 10. The van der Waals surface area contributed by atoms with Crippen LogP contribution in [0.3, 0.4) is 0 Å². The van der Waals surface area contributed by atoms with Crippen LogP contribution in [0.1, 0.15) is 0 Å². The zero-order valence-corrected chi connectivity index (χ0v) is 25.8. The molecule has 2 aromatic rings. The minimum Gasteiger partial charge on any atom is -0.494 e. The van der Waals surface area contributed by atoms with E-state index in [2.05, 4.69) is 20.0 Å². The van der Waals surface area contributed by atoms with Gasteiger partial charge >= 0.3 is 0 Å². The van der Waals surface area contributed by atoms with E-state index in [1.165, 1.54) is 0 Å². The highest BCUT2D eigenvalue weighted by Crippen LogP contribution is 2.46. The van der Waals surface area contributed by atoms with Crippen LogP contribution in [0.2, 0.25) is 0 Å². The quantitative estimate of drug-likeness (QED) is 0.290. The standard InChI is InChI=1S/C28H36Cl2N6O6/c1-39-21-13-19(33-5-9-35(10-6-33)25(37)17-29)14-22(40-2)27(21)31-32-28-23(41-3)15-20(16-24(28)42-4)34-7-11-36(12-8-34)26(38)18-30/h13-16H,5-12,17-18H2,1-4H3. The molecule has 0 spiro atoms. The number of halogens is 2. The predicted octanol–water partition coefficient (Wildman–Crippen LogP) is 3.91. The highest BCUT2D eigenvalue weighted by atomic mass is 35.5. The van der Waals surface area contributed by atoms with Crippen molar-refractivity contribution in [2.24, 2.45) is 10.2 Å². The van der Waals surface area contributed by atoms with Crippen molar-refractivity contribution in [2.45, 2.75) is 0 Å². The molecule has 228 valence electrons. The van der Waals surface area contributed by atoms with Crippen LogP contribution in [0.25, 0.3) is 0 Å². The summed E-state index contributed by atoms with van der Waals surface area (Å²) in [6.07, 6.45) is 0. The van der Waals surface area contributed by atoms with E-state index in [4.69, 9.17) is 42.1 Å². The third-order valence-corrected chi connectivity index (χ3v) is 7.86. The van der Waals surface area contributed by atoms with Gasteiger partial charge < -0.3 is 38.5 Å². The Morgan fingerprint density at radius 2 is 0.881 bits per heavy atom. The maximum Gasteiger partial charge on any atom is 0.237 e. The number of alkyl halides is 2. The number of azo groups is 1. The van der Waals surface area contributed by atoms with Crippen LogP contribution in [0, 0.1) is 0 Å². The Hall–Kier alpha value is -3.64. The van der Waals surface area contributed by atoms with Gasteiger partial charge in [0.1, 0.15) is 11.8 Å². The average Bonchev–Trinajstić information content (AvgIpc) is 3.05. The van der Waals surface area contributed by atoms with E-state index in [1.54, 1.807) is 38.2 Å². The molecule has 2 aliphatic rings. The first-order chi connectivity index (χ1) is 20.4. The van der Waals surface area contributed by atoms with Crippen molar-refractivity contribution in [3.05, 3.63) is 24.3 Å². The Bertz CT molecular complexity index is 1150. The molecule has 2 aliphatic heterocycles. The monoisotopic (exact) mass is 622 g/mol. The summed E-state index contributed by atoms with van der Waals surface area (Å²) in [6, 6.07) is 7.51. The summed E-state index contributed by atoms with van der Waals surface area (Å²) in [6.45, 7) is 4.90. The van der Waals surface area contributed by atoms with Gasteiger partial charge in [-0.15, -0.1) is 33.4 Å². The summed E-state index contributed by atoms with van der Waals surface area (Å²) >= 11 is 11.4. The zero-order chi connectivity index (χ0) is 30.2. The second kappa shape index (κ2) is 14.5. The second-order valence-corrected chi connectivity index (χ2v) is 10.1. The number of carbonyl (C=O) groups excluding carboxylic acids is 2. The fourth-order valence-corrected chi connectivity index (χ4v) is 5.36. The lowest BCUT2D eigenvalue weighted by atomic mass is 10.2. The smallest absolute Gasteiger partial charge is 0.237 e. The number of rotatable bonds is 10. The van der Waals surface area contributed by atoms with Gasteiger partial charge in [0.05, 0.1) is 28.4 Å². The molecular formula is C28H36Cl2N6O6. The van der Waals surface area contributed by atoms with E-state index >= 15 is 0 Å². The summed E-state index contributed by atoms with van der Waals surface area (Å²) in [4.78, 5) is 31.7. The van der Waals surface area contributed by atoms with Crippen molar-refractivity contribution in [2.75, 3.05) is 102 Å². The molecule has 42 heavy (non-hydrogen) atoms. The molecule has 14 heteroatoms. The van der Waals surface area contributed by atoms with Gasteiger partial charge in [-0.3, -0.25) is 9.59 Å². The lowest BCUT2D eigenvalue weighted by Gasteiger charge is -2.36. The van der Waals surface area contributed by atoms with Crippen LogP contribution < -0.4 is 28.7 Å². The first-order valence-electron chi connectivity index (χ1n) is 13.5. The fraction of sp³-hybridized carbons (Fsp3) is 0.500. The topological polar surface area (TPSA) is 109 Å². The van der Waals surface area contributed by atoms with Gasteiger partial charge in [0, 0.05) is 88.0 Å². The number of piperazine rings is 2. The molecule has 0 bridgehead atoms. The zero-order valence-electron chi connectivity index (χ0n) is 24.3. The Balaban J connectivity index is 1.58. The number of carbonyl (C=O) groups is 2. The molecule has 0 aliphatic carbocycles. The van der Waals surface area contributed by atoms with Crippen LogP contribution in [0.4, 0.5) is 22.7 Å². The van der Waals surface area contributed by atoms with Crippen LogP contribution >= 0.6 is 23.2 Å². The van der Waals surface area contributed by atoms with Crippen molar-refractivity contribution in [3.8, 4) is 23.0 Å². The van der Waals surface area contributed by atoms with E-state index in [-0.39, 0.29) is 23.6 Å². The van der Waals surface area contributed by atoms with Crippen molar-refractivity contribution >= 4 is 57.8 Å². The third kappa shape index (κ3) is 6.87. The number of hydrogen-bond donors (Lipinski definition) is 0. The summed E-state index contributed by atoms with van der Waals surface area (Å²) in [7, 11) is 6.24. The van der Waals surface area contributed by atoms with E-state index in [0.717, 1.165) is 11.4 Å². The molecule has 2 heterocycles. The number of methoxy groups -OCH3 is 4. The number of benzene rings is 2. The maximum absolute atomic E-state index is 12.0. The molecule has 0 aromatic heterocycles. The molecule has 0 N–H and O–H groups in total. The van der Waals surface area contributed by atoms with Gasteiger partial charge in [0.25, 0.3) is 0 Å². The van der Waals surface area contributed by atoms with Crippen molar-refractivity contribution in [3.63, 3.8) is 0 Å². The lowest BCUT2D eigenvalue weighted by molar-refractivity contribution is -0.129. The van der Waals surface area contributed by atoms with E-state index in [0.29, 0.717) is 86.7 Å². The summed E-state index contributed by atoms with van der Waals surface area (Å²) in [5, 5.41) is 9.01. The summed E-state index contributed by atoms with van der Waals surface area (Å²) in [5.41, 5.74) is 2.59. The maximum atomic E-state index is 12.0. The van der Waals surface area contributed by atoms with Gasteiger partial charge in [-0.05, 0) is 0 Å². The SMILES string of the molecule is COc1cc(N2CCN(C(=O)CCl)CC2)cc(OC)c1N=Nc1c(OC)cc(N2CCN(C(=O)CCl)CC2)cc1OC. The van der Waals surface area contributed by atoms with Gasteiger partial charge in [0.15, 0.2) is 34.4 Å².